The molecule has 0 saturated heterocycles. The minimum atomic E-state index is -0.906. The van der Waals surface area contributed by atoms with Gasteiger partial charge in [-0.1, -0.05) is 23.8 Å². The molecule has 1 aromatic carbocycles. The van der Waals surface area contributed by atoms with Gasteiger partial charge in [0.25, 0.3) is 5.78 Å². The largest absolute Gasteiger partial charge is 0.460 e. The molecule has 1 unspecified atom stereocenters. The molecule has 0 aromatic heterocycles. The van der Waals surface area contributed by atoms with Crippen molar-refractivity contribution in [1.29, 1.82) is 0 Å². The molecule has 0 radical (unpaired) electrons. The number of hydrogen-bond donors (Lipinski definition) is 0. The van der Waals surface area contributed by atoms with Gasteiger partial charge in [-0.05, 0) is 32.3 Å². The van der Waals surface area contributed by atoms with Crippen LogP contribution in [-0.4, -0.2) is 24.1 Å². The van der Waals surface area contributed by atoms with Crippen LogP contribution in [0.3, 0.4) is 0 Å². The van der Waals surface area contributed by atoms with Crippen LogP contribution in [0.5, 0.6) is 0 Å². The van der Waals surface area contributed by atoms with Crippen molar-refractivity contribution >= 4 is 17.5 Å². The maximum Gasteiger partial charge on any atom is 0.375 e. The SMILES string of the molecule is CCOC(=O)C(=O)C1CCc2cc(C)ccc2C1=O. The Labute approximate surface area is 111 Å². The van der Waals surface area contributed by atoms with Crippen molar-refractivity contribution < 1.29 is 19.1 Å². The van der Waals surface area contributed by atoms with Crippen molar-refractivity contribution in [3.05, 3.63) is 34.9 Å². The quantitative estimate of drug-likeness (QED) is 0.473. The first-order valence-corrected chi connectivity index (χ1v) is 6.39. The summed E-state index contributed by atoms with van der Waals surface area (Å²) < 4.78 is 4.67. The highest BCUT2D eigenvalue weighted by molar-refractivity contribution is 6.39. The lowest BCUT2D eigenvalue weighted by Crippen LogP contribution is -2.35. The summed E-state index contributed by atoms with van der Waals surface area (Å²) in [5.74, 6) is -2.77. The molecule has 0 spiro atoms. The summed E-state index contributed by atoms with van der Waals surface area (Å²) in [5, 5.41) is 0. The van der Waals surface area contributed by atoms with E-state index in [1.54, 1.807) is 13.0 Å². The Morgan fingerprint density at radius 3 is 2.79 bits per heavy atom. The zero-order valence-electron chi connectivity index (χ0n) is 11.1. The van der Waals surface area contributed by atoms with E-state index in [9.17, 15) is 14.4 Å². The van der Waals surface area contributed by atoms with E-state index in [2.05, 4.69) is 4.74 Å². The summed E-state index contributed by atoms with van der Waals surface area (Å²) in [7, 11) is 0. The molecule has 1 aromatic rings. The summed E-state index contributed by atoms with van der Waals surface area (Å²) in [5.41, 5.74) is 2.60. The highest BCUT2D eigenvalue weighted by Gasteiger charge is 2.36. The monoisotopic (exact) mass is 260 g/mol. The predicted molar refractivity (Wildman–Crippen MR) is 69.0 cm³/mol. The Balaban J connectivity index is 2.24. The van der Waals surface area contributed by atoms with Gasteiger partial charge in [0.15, 0.2) is 5.78 Å². The number of hydrogen-bond acceptors (Lipinski definition) is 4. The normalized spacial score (nSPS) is 17.8. The Hall–Kier alpha value is -1.97. The van der Waals surface area contributed by atoms with Gasteiger partial charge in [-0.3, -0.25) is 9.59 Å². The molecule has 2 rings (SSSR count). The van der Waals surface area contributed by atoms with Crippen molar-refractivity contribution in [2.45, 2.75) is 26.7 Å². The van der Waals surface area contributed by atoms with Crippen LogP contribution in [0.1, 0.15) is 34.8 Å². The van der Waals surface area contributed by atoms with Crippen LogP contribution >= 0.6 is 0 Å². The highest BCUT2D eigenvalue weighted by atomic mass is 16.5. The molecule has 0 saturated carbocycles. The van der Waals surface area contributed by atoms with E-state index in [1.165, 1.54) is 0 Å². The standard InChI is InChI=1S/C15H16O4/c1-3-19-15(18)14(17)12-7-5-10-8-9(2)4-6-11(10)13(12)16/h4,6,8,12H,3,5,7H2,1-2H3. The van der Waals surface area contributed by atoms with Crippen LogP contribution in [0.2, 0.25) is 0 Å². The number of benzene rings is 1. The molecule has 0 bridgehead atoms. The molecular weight excluding hydrogens is 244 g/mol. The first-order valence-electron chi connectivity index (χ1n) is 6.39. The molecule has 1 aliphatic carbocycles. The van der Waals surface area contributed by atoms with E-state index in [0.717, 1.165) is 11.1 Å². The number of Topliss-reactive ketones (excluding diaryl/α,β-unsaturated/α-hetero) is 2. The Morgan fingerprint density at radius 2 is 2.11 bits per heavy atom. The predicted octanol–water partition coefficient (Wildman–Crippen LogP) is 1.87. The van der Waals surface area contributed by atoms with Crippen LogP contribution < -0.4 is 0 Å². The lowest BCUT2D eigenvalue weighted by molar-refractivity contribution is -0.154. The van der Waals surface area contributed by atoms with Crippen molar-refractivity contribution in [3.63, 3.8) is 0 Å². The fourth-order valence-electron chi connectivity index (χ4n) is 2.38. The van der Waals surface area contributed by atoms with Gasteiger partial charge in [0.05, 0.1) is 12.5 Å². The second-order valence-corrected chi connectivity index (χ2v) is 4.70. The number of fused-ring (bicyclic) bond motifs is 1. The zero-order chi connectivity index (χ0) is 14.0. The molecule has 1 atom stereocenters. The number of carbonyl (C=O) groups is 3. The second-order valence-electron chi connectivity index (χ2n) is 4.70. The number of aryl methyl sites for hydroxylation is 2. The molecule has 0 fully saturated rings. The van der Waals surface area contributed by atoms with E-state index in [-0.39, 0.29) is 12.4 Å². The fraction of sp³-hybridized carbons (Fsp3) is 0.400. The average Bonchev–Trinajstić information content (AvgIpc) is 2.38. The Bertz CT molecular complexity index is 545. The van der Waals surface area contributed by atoms with Gasteiger partial charge in [-0.25, -0.2) is 4.79 Å². The number of ether oxygens (including phenoxy) is 1. The maximum atomic E-state index is 12.2. The van der Waals surface area contributed by atoms with Crippen LogP contribution in [0, 0.1) is 12.8 Å². The van der Waals surface area contributed by atoms with Crippen LogP contribution in [0.25, 0.3) is 0 Å². The van der Waals surface area contributed by atoms with Gasteiger partial charge in [0, 0.05) is 5.56 Å². The maximum absolute atomic E-state index is 12.2. The first-order chi connectivity index (χ1) is 9.04. The Morgan fingerprint density at radius 1 is 1.37 bits per heavy atom. The van der Waals surface area contributed by atoms with Gasteiger partial charge in [0.1, 0.15) is 0 Å². The number of esters is 1. The van der Waals surface area contributed by atoms with Crippen LogP contribution in [-0.2, 0) is 20.7 Å². The topological polar surface area (TPSA) is 60.4 Å². The van der Waals surface area contributed by atoms with Gasteiger partial charge in [-0.2, -0.15) is 0 Å². The van der Waals surface area contributed by atoms with Crippen molar-refractivity contribution in [2.75, 3.05) is 6.61 Å². The molecular formula is C15H16O4. The fourth-order valence-corrected chi connectivity index (χ4v) is 2.38. The van der Waals surface area contributed by atoms with Gasteiger partial charge in [-0.15, -0.1) is 0 Å². The van der Waals surface area contributed by atoms with Crippen LogP contribution in [0.15, 0.2) is 18.2 Å². The zero-order valence-corrected chi connectivity index (χ0v) is 11.1. The summed E-state index contributed by atoms with van der Waals surface area (Å²) >= 11 is 0. The van der Waals surface area contributed by atoms with Crippen molar-refractivity contribution in [2.24, 2.45) is 5.92 Å². The molecule has 0 N–H and O–H groups in total. The summed E-state index contributed by atoms with van der Waals surface area (Å²) in [6, 6.07) is 5.53. The van der Waals surface area contributed by atoms with Crippen molar-refractivity contribution in [1.82, 2.24) is 0 Å². The number of carbonyl (C=O) groups excluding carboxylic acids is 3. The summed E-state index contributed by atoms with van der Waals surface area (Å²) in [4.78, 5) is 35.6. The molecule has 0 amide bonds. The minimum absolute atomic E-state index is 0.140. The number of ketones is 2. The number of rotatable bonds is 3. The third-order valence-corrected chi connectivity index (χ3v) is 3.34. The molecule has 19 heavy (non-hydrogen) atoms. The van der Waals surface area contributed by atoms with E-state index in [4.69, 9.17) is 0 Å². The smallest absolute Gasteiger partial charge is 0.375 e. The van der Waals surface area contributed by atoms with Crippen LogP contribution in [0.4, 0.5) is 0 Å². The van der Waals surface area contributed by atoms with E-state index in [0.29, 0.717) is 18.4 Å². The first kappa shape index (κ1) is 13.5. The van der Waals surface area contributed by atoms with E-state index >= 15 is 0 Å². The molecule has 100 valence electrons. The summed E-state index contributed by atoms with van der Waals surface area (Å²) in [6.45, 7) is 3.73. The molecule has 0 aliphatic heterocycles. The third-order valence-electron chi connectivity index (χ3n) is 3.34. The molecule has 4 nitrogen and oxygen atoms in total. The minimum Gasteiger partial charge on any atom is -0.460 e. The Kier molecular flexibility index (Phi) is 3.79. The second kappa shape index (κ2) is 5.34. The van der Waals surface area contributed by atoms with Gasteiger partial charge in [0.2, 0.25) is 0 Å². The molecule has 0 heterocycles. The highest BCUT2D eigenvalue weighted by Crippen LogP contribution is 2.27. The molecule has 4 heteroatoms. The average molecular weight is 260 g/mol. The third kappa shape index (κ3) is 2.57. The van der Waals surface area contributed by atoms with E-state index in [1.807, 2.05) is 19.1 Å². The van der Waals surface area contributed by atoms with E-state index < -0.39 is 17.7 Å². The van der Waals surface area contributed by atoms with Gasteiger partial charge < -0.3 is 4.74 Å². The van der Waals surface area contributed by atoms with Gasteiger partial charge >= 0.3 is 5.97 Å². The molecule has 1 aliphatic rings. The lowest BCUT2D eigenvalue weighted by Gasteiger charge is -2.21. The lowest BCUT2D eigenvalue weighted by atomic mass is 9.80. The summed E-state index contributed by atoms with van der Waals surface area (Å²) in [6.07, 6.45) is 1.02. The van der Waals surface area contributed by atoms with Crippen molar-refractivity contribution in [3.8, 4) is 0 Å².